The van der Waals surface area contributed by atoms with Gasteiger partial charge in [-0.3, -0.25) is 14.6 Å². The molecule has 0 amide bonds. The van der Waals surface area contributed by atoms with E-state index >= 15 is 0 Å². The predicted octanol–water partition coefficient (Wildman–Crippen LogP) is 11.5. The molecule has 1 saturated heterocycles. The molecular formula is C53H66N4O6. The fraction of sp³-hybridized carbons (Fsp3) is 0.509. The second-order valence-electron chi connectivity index (χ2n) is 18.6. The Kier molecular flexibility index (Phi) is 15.6. The number of allylic oxidation sites excluding steroid dienone is 11. The minimum atomic E-state index is -0.839. The van der Waals surface area contributed by atoms with Gasteiger partial charge in [0.2, 0.25) is 0 Å². The van der Waals surface area contributed by atoms with Gasteiger partial charge in [-0.2, -0.15) is 0 Å². The van der Waals surface area contributed by atoms with E-state index in [4.69, 9.17) is 29.4 Å². The van der Waals surface area contributed by atoms with Crippen LogP contribution in [-0.4, -0.2) is 53.6 Å². The van der Waals surface area contributed by atoms with Crippen molar-refractivity contribution in [2.75, 3.05) is 6.61 Å². The Hall–Kier alpha value is -5.38. The molecule has 8 bridgehead atoms. The van der Waals surface area contributed by atoms with E-state index in [0.717, 1.165) is 47.7 Å². The number of fused-ring (bicyclic) bond motifs is 4. The molecule has 4 atom stereocenters. The summed E-state index contributed by atoms with van der Waals surface area (Å²) in [4.78, 5) is 72.7. The van der Waals surface area contributed by atoms with Crippen molar-refractivity contribution in [3.63, 3.8) is 0 Å². The van der Waals surface area contributed by atoms with E-state index < -0.39 is 17.9 Å². The average Bonchev–Trinajstić information content (AvgIpc) is 3.93. The molecule has 0 N–H and O–H groups in total. The van der Waals surface area contributed by atoms with Crippen molar-refractivity contribution >= 4 is 47.0 Å². The molecule has 0 aromatic rings. The molecule has 0 spiro atoms. The number of hydrogen-bond acceptors (Lipinski definition) is 10. The third-order valence-electron chi connectivity index (χ3n) is 13.4. The summed E-state index contributed by atoms with van der Waals surface area (Å²) in [6.45, 7) is 23.4. The number of aliphatic imine (C=N–C) groups is 4. The van der Waals surface area contributed by atoms with E-state index in [1.54, 1.807) is 25.2 Å². The molecule has 0 aromatic carbocycles. The standard InChI is InChI=1S/C53H66N4O6/c1-11-37-34(8)41-26-42-35(9)39(22-23-47(59)62-25-24-33(7)21-15-20-32(6)19-14-18-31(5)17-13-16-30(3)4)50(56-42)49-51-48(52(60)63-53(49)61)36(10)43(57-51)27-45-38(12-2)40(29-58)46(55-45)28-44(37)54-41/h11,24,26-32,35,39H,1,12-23,25H2,2-10H3. The molecule has 0 saturated carbocycles. The highest BCUT2D eigenvalue weighted by molar-refractivity contribution is 6.42. The average molecular weight is 855 g/mol. The summed E-state index contributed by atoms with van der Waals surface area (Å²) in [6.07, 6.45) is 22.1. The van der Waals surface area contributed by atoms with Crippen LogP contribution in [0.15, 0.2) is 124 Å². The van der Waals surface area contributed by atoms with Crippen LogP contribution in [0.3, 0.4) is 0 Å². The number of rotatable bonds is 20. The van der Waals surface area contributed by atoms with E-state index in [1.807, 2.05) is 32.9 Å². The summed E-state index contributed by atoms with van der Waals surface area (Å²) in [5, 5.41) is 0. The van der Waals surface area contributed by atoms with Gasteiger partial charge in [-0.25, -0.2) is 24.6 Å². The Balaban J connectivity index is 1.18. The van der Waals surface area contributed by atoms with Crippen LogP contribution in [0, 0.1) is 29.6 Å². The van der Waals surface area contributed by atoms with E-state index in [9.17, 15) is 19.2 Å². The van der Waals surface area contributed by atoms with Crippen LogP contribution in [0.1, 0.15) is 139 Å². The highest BCUT2D eigenvalue weighted by Crippen LogP contribution is 2.43. The van der Waals surface area contributed by atoms with Gasteiger partial charge in [-0.15, -0.1) is 0 Å². The van der Waals surface area contributed by atoms with Crippen LogP contribution in [-0.2, 0) is 28.7 Å². The number of esters is 3. The fourth-order valence-corrected chi connectivity index (χ4v) is 9.43. The van der Waals surface area contributed by atoms with Gasteiger partial charge in [0.25, 0.3) is 0 Å². The third kappa shape index (κ3) is 10.7. The van der Waals surface area contributed by atoms with Gasteiger partial charge >= 0.3 is 17.9 Å². The molecule has 4 unspecified atom stereocenters. The maximum absolute atomic E-state index is 13.8. The van der Waals surface area contributed by atoms with Crippen molar-refractivity contribution in [1.29, 1.82) is 0 Å². The summed E-state index contributed by atoms with van der Waals surface area (Å²) >= 11 is 0. The van der Waals surface area contributed by atoms with Crippen molar-refractivity contribution in [2.24, 2.45) is 49.6 Å². The van der Waals surface area contributed by atoms with E-state index in [1.165, 1.54) is 50.5 Å². The van der Waals surface area contributed by atoms with Gasteiger partial charge in [0.1, 0.15) is 12.2 Å². The molecule has 6 rings (SSSR count). The van der Waals surface area contributed by atoms with E-state index in [2.05, 4.69) is 41.2 Å². The monoisotopic (exact) mass is 854 g/mol. The second-order valence-corrected chi connectivity index (χ2v) is 18.6. The van der Waals surface area contributed by atoms with Crippen LogP contribution in [0.25, 0.3) is 0 Å². The zero-order valence-electron chi connectivity index (χ0n) is 39.0. The number of hydrogen-bond donors (Lipinski definition) is 0. The van der Waals surface area contributed by atoms with Crippen molar-refractivity contribution < 1.29 is 28.7 Å². The van der Waals surface area contributed by atoms with E-state index in [0.29, 0.717) is 69.8 Å². The Bertz CT molecular complexity index is 2330. The lowest BCUT2D eigenvalue weighted by Crippen LogP contribution is -2.32. The number of nitrogens with zero attached hydrogens (tertiary/aromatic N) is 4. The van der Waals surface area contributed by atoms with Gasteiger partial charge in [0.15, 0.2) is 6.29 Å². The minimum absolute atomic E-state index is 0.0969. The molecular weight excluding hydrogens is 789 g/mol. The van der Waals surface area contributed by atoms with Crippen molar-refractivity contribution in [3.05, 3.63) is 104 Å². The summed E-state index contributed by atoms with van der Waals surface area (Å²) < 4.78 is 11.1. The zero-order chi connectivity index (χ0) is 45.5. The minimum Gasteiger partial charge on any atom is -0.461 e. The van der Waals surface area contributed by atoms with Gasteiger partial charge < -0.3 is 9.47 Å². The topological polar surface area (TPSA) is 136 Å². The van der Waals surface area contributed by atoms with Crippen LogP contribution >= 0.6 is 0 Å². The van der Waals surface area contributed by atoms with Crippen LogP contribution in [0.5, 0.6) is 0 Å². The Morgan fingerprint density at radius 2 is 1.44 bits per heavy atom. The Morgan fingerprint density at radius 3 is 2.11 bits per heavy atom. The quantitative estimate of drug-likeness (QED) is 0.0517. The maximum Gasteiger partial charge on any atom is 0.350 e. The SMILES string of the molecule is C=CC1=C(C)C2=CC3=NC(=C4C(=O)OC(=O)C5=C(C)C(=CC6=NC(=CC1=N2)C(C=O)=C6CC)N=C54)C(CCC(=O)OCC=C(C)CCCC(C)CCCC(C)CCCC(C)C)C3C. The molecule has 0 aliphatic carbocycles. The third-order valence-corrected chi connectivity index (χ3v) is 13.4. The highest BCUT2D eigenvalue weighted by Gasteiger charge is 2.45. The maximum atomic E-state index is 13.8. The van der Waals surface area contributed by atoms with Crippen molar-refractivity contribution in [2.45, 2.75) is 139 Å². The molecule has 1 fully saturated rings. The fourth-order valence-electron chi connectivity index (χ4n) is 9.43. The predicted molar refractivity (Wildman–Crippen MR) is 252 cm³/mol. The zero-order valence-corrected chi connectivity index (χ0v) is 39.0. The molecule has 0 aromatic heterocycles. The van der Waals surface area contributed by atoms with Crippen LogP contribution < -0.4 is 0 Å². The van der Waals surface area contributed by atoms with Crippen LogP contribution in [0.2, 0.25) is 0 Å². The molecule has 6 heterocycles. The first-order valence-corrected chi connectivity index (χ1v) is 23.2. The van der Waals surface area contributed by atoms with Gasteiger partial charge in [0.05, 0.1) is 45.5 Å². The van der Waals surface area contributed by atoms with Gasteiger partial charge in [0, 0.05) is 35.1 Å². The molecule has 6 aliphatic heterocycles. The number of ether oxygens (including phenoxy) is 2. The number of aldehydes is 1. The van der Waals surface area contributed by atoms with Crippen molar-refractivity contribution in [3.8, 4) is 0 Å². The normalized spacial score (nSPS) is 21.9. The summed E-state index contributed by atoms with van der Waals surface area (Å²) in [5.41, 5.74) is 8.80. The smallest absolute Gasteiger partial charge is 0.350 e. The number of carbonyl (C=O) groups excluding carboxylic acids is 4. The number of carbonyl (C=O) groups is 4. The molecule has 10 nitrogen and oxygen atoms in total. The molecule has 63 heavy (non-hydrogen) atoms. The molecule has 6 aliphatic rings. The lowest BCUT2D eigenvalue weighted by molar-refractivity contribution is -0.154. The first-order valence-electron chi connectivity index (χ1n) is 23.2. The summed E-state index contributed by atoms with van der Waals surface area (Å²) in [5.74, 6) is -0.317. The second kappa shape index (κ2) is 20.9. The van der Waals surface area contributed by atoms with Gasteiger partial charge in [-0.1, -0.05) is 105 Å². The summed E-state index contributed by atoms with van der Waals surface area (Å²) in [7, 11) is 0. The molecule has 334 valence electrons. The first kappa shape index (κ1) is 47.1. The summed E-state index contributed by atoms with van der Waals surface area (Å²) in [6, 6.07) is 0. The molecule has 10 heteroatoms. The lowest BCUT2D eigenvalue weighted by Gasteiger charge is -2.22. The Morgan fingerprint density at radius 1 is 0.810 bits per heavy atom. The van der Waals surface area contributed by atoms with Crippen LogP contribution in [0.4, 0.5) is 0 Å². The lowest BCUT2D eigenvalue weighted by atomic mass is 9.83. The first-order chi connectivity index (χ1) is 30.1. The Labute approximate surface area is 374 Å². The highest BCUT2D eigenvalue weighted by atomic mass is 16.6. The van der Waals surface area contributed by atoms with E-state index in [-0.39, 0.29) is 41.8 Å². The van der Waals surface area contributed by atoms with Crippen molar-refractivity contribution in [1.82, 2.24) is 0 Å². The van der Waals surface area contributed by atoms with Gasteiger partial charge in [-0.05, 0) is 105 Å². The number of cyclic esters (lactones) is 2. The molecule has 0 radical (unpaired) electrons. The largest absolute Gasteiger partial charge is 0.461 e.